The molecular formula is C16H14ClFN2O2. The van der Waals surface area contributed by atoms with Gasteiger partial charge in [-0.05, 0) is 24.3 Å². The van der Waals surface area contributed by atoms with Crippen LogP contribution in [0.4, 0.5) is 15.8 Å². The van der Waals surface area contributed by atoms with Crippen molar-refractivity contribution in [2.45, 2.75) is 0 Å². The Morgan fingerprint density at radius 1 is 1.36 bits per heavy atom. The Bertz CT molecular complexity index is 716. The van der Waals surface area contributed by atoms with Gasteiger partial charge in [-0.15, -0.1) is 0 Å². The van der Waals surface area contributed by atoms with E-state index in [1.165, 1.54) is 18.2 Å². The highest BCUT2D eigenvalue weighted by Crippen LogP contribution is 2.33. The van der Waals surface area contributed by atoms with Crippen molar-refractivity contribution in [3.8, 4) is 5.75 Å². The van der Waals surface area contributed by atoms with Gasteiger partial charge in [-0.1, -0.05) is 17.7 Å². The summed E-state index contributed by atoms with van der Waals surface area (Å²) in [5.41, 5.74) is 1.31. The third-order valence-corrected chi connectivity index (χ3v) is 3.82. The molecule has 0 saturated heterocycles. The Kier molecular flexibility index (Phi) is 3.90. The predicted molar refractivity (Wildman–Crippen MR) is 84.6 cm³/mol. The average Bonchev–Trinajstić information content (AvgIpc) is 2.47. The van der Waals surface area contributed by atoms with Crippen LogP contribution >= 0.6 is 11.6 Å². The summed E-state index contributed by atoms with van der Waals surface area (Å²) in [5.74, 6) is -0.558. The normalized spacial score (nSPS) is 13.3. The summed E-state index contributed by atoms with van der Waals surface area (Å²) < 4.78 is 19.3. The lowest BCUT2D eigenvalue weighted by atomic mass is 10.1. The van der Waals surface area contributed by atoms with Crippen LogP contribution in [0.5, 0.6) is 5.75 Å². The molecule has 1 N–H and O–H groups in total. The van der Waals surface area contributed by atoms with Gasteiger partial charge < -0.3 is 15.0 Å². The van der Waals surface area contributed by atoms with Gasteiger partial charge in [-0.25, -0.2) is 4.39 Å². The molecule has 0 fully saturated rings. The first-order chi connectivity index (χ1) is 10.6. The van der Waals surface area contributed by atoms with Crippen molar-refractivity contribution in [1.29, 1.82) is 0 Å². The summed E-state index contributed by atoms with van der Waals surface area (Å²) in [7, 11) is 1.97. The number of hydrogen-bond donors (Lipinski definition) is 1. The van der Waals surface area contributed by atoms with Gasteiger partial charge >= 0.3 is 0 Å². The summed E-state index contributed by atoms with van der Waals surface area (Å²) in [4.78, 5) is 14.3. The summed E-state index contributed by atoms with van der Waals surface area (Å²) in [6.07, 6.45) is 0. The number of fused-ring (bicyclic) bond motifs is 1. The van der Waals surface area contributed by atoms with E-state index < -0.39 is 11.7 Å². The summed E-state index contributed by atoms with van der Waals surface area (Å²) in [6, 6.07) is 9.45. The largest absolute Gasteiger partial charge is 0.489 e. The van der Waals surface area contributed by atoms with Crippen LogP contribution in [0, 0.1) is 5.82 Å². The van der Waals surface area contributed by atoms with E-state index in [-0.39, 0.29) is 10.6 Å². The molecule has 3 rings (SSSR count). The maximum absolute atomic E-state index is 13.8. The maximum Gasteiger partial charge on any atom is 0.260 e. The lowest BCUT2D eigenvalue weighted by Gasteiger charge is -2.28. The molecule has 0 aromatic heterocycles. The molecule has 0 saturated carbocycles. The summed E-state index contributed by atoms with van der Waals surface area (Å²) in [5, 5.41) is 2.72. The first-order valence-corrected chi connectivity index (χ1v) is 7.17. The lowest BCUT2D eigenvalue weighted by Crippen LogP contribution is -2.28. The Labute approximate surface area is 132 Å². The zero-order valence-electron chi connectivity index (χ0n) is 11.9. The second-order valence-electron chi connectivity index (χ2n) is 5.00. The molecule has 6 heteroatoms. The number of rotatable bonds is 2. The molecule has 2 aromatic carbocycles. The molecule has 4 nitrogen and oxygen atoms in total. The monoisotopic (exact) mass is 320 g/mol. The quantitative estimate of drug-likeness (QED) is 0.920. The second-order valence-corrected chi connectivity index (χ2v) is 5.41. The highest BCUT2D eigenvalue weighted by molar-refractivity contribution is 6.34. The molecule has 2 aromatic rings. The molecule has 0 bridgehead atoms. The van der Waals surface area contributed by atoms with E-state index >= 15 is 0 Å². The van der Waals surface area contributed by atoms with Crippen molar-refractivity contribution >= 4 is 28.9 Å². The van der Waals surface area contributed by atoms with Gasteiger partial charge in [-0.2, -0.15) is 0 Å². The fourth-order valence-electron chi connectivity index (χ4n) is 2.34. The standard InChI is InChI=1S/C16H14ClFN2O2/c1-20-7-8-22-14-9-10(5-6-13(14)20)19-16(21)15-11(17)3-2-4-12(15)18/h2-6,9H,7-8H2,1H3,(H,19,21). The molecule has 1 aliphatic heterocycles. The predicted octanol–water partition coefficient (Wildman–Crippen LogP) is 3.56. The Hall–Kier alpha value is -2.27. The number of likely N-dealkylation sites (N-methyl/N-ethyl adjacent to an activating group) is 1. The molecule has 1 amide bonds. The number of nitrogens with one attached hydrogen (secondary N) is 1. The first-order valence-electron chi connectivity index (χ1n) is 6.79. The Balaban J connectivity index is 1.86. The fraction of sp³-hybridized carbons (Fsp3) is 0.188. The molecule has 0 spiro atoms. The molecule has 0 radical (unpaired) electrons. The van der Waals surface area contributed by atoms with Crippen LogP contribution in [0.15, 0.2) is 36.4 Å². The maximum atomic E-state index is 13.8. The van der Waals surface area contributed by atoms with Gasteiger partial charge in [0.05, 0.1) is 22.8 Å². The number of hydrogen-bond acceptors (Lipinski definition) is 3. The fourth-order valence-corrected chi connectivity index (χ4v) is 2.59. The molecule has 0 aliphatic carbocycles. The van der Waals surface area contributed by atoms with Gasteiger partial charge in [0.2, 0.25) is 0 Å². The van der Waals surface area contributed by atoms with Crippen LogP contribution in [0.3, 0.4) is 0 Å². The van der Waals surface area contributed by atoms with Gasteiger partial charge in [0.1, 0.15) is 18.2 Å². The lowest BCUT2D eigenvalue weighted by molar-refractivity contribution is 0.102. The van der Waals surface area contributed by atoms with Crippen molar-refractivity contribution in [3.05, 3.63) is 52.8 Å². The highest BCUT2D eigenvalue weighted by atomic mass is 35.5. The number of nitrogens with zero attached hydrogens (tertiary/aromatic N) is 1. The van der Waals surface area contributed by atoms with Crippen LogP contribution in [-0.2, 0) is 0 Å². The van der Waals surface area contributed by atoms with E-state index in [1.54, 1.807) is 12.1 Å². The second kappa shape index (κ2) is 5.85. The van der Waals surface area contributed by atoms with Crippen LogP contribution in [0.25, 0.3) is 0 Å². The van der Waals surface area contributed by atoms with Crippen molar-refractivity contribution < 1.29 is 13.9 Å². The minimum absolute atomic E-state index is 0.0754. The van der Waals surface area contributed by atoms with E-state index in [0.29, 0.717) is 18.0 Å². The van der Waals surface area contributed by atoms with Crippen molar-refractivity contribution in [3.63, 3.8) is 0 Å². The van der Waals surface area contributed by atoms with Gasteiger partial charge in [0.25, 0.3) is 5.91 Å². The number of anilines is 2. The highest BCUT2D eigenvalue weighted by Gasteiger charge is 2.18. The first kappa shape index (κ1) is 14.7. The van der Waals surface area contributed by atoms with Crippen LogP contribution < -0.4 is 15.0 Å². The molecule has 1 aliphatic rings. The molecular weight excluding hydrogens is 307 g/mol. The van der Waals surface area contributed by atoms with E-state index in [2.05, 4.69) is 10.2 Å². The van der Waals surface area contributed by atoms with Gasteiger partial charge in [0, 0.05) is 18.8 Å². The van der Waals surface area contributed by atoms with E-state index in [4.69, 9.17) is 16.3 Å². The van der Waals surface area contributed by atoms with E-state index in [0.717, 1.165) is 12.2 Å². The Morgan fingerprint density at radius 3 is 2.95 bits per heavy atom. The minimum Gasteiger partial charge on any atom is -0.489 e. The zero-order chi connectivity index (χ0) is 15.7. The third kappa shape index (κ3) is 2.72. The van der Waals surface area contributed by atoms with Crippen LogP contribution in [0.2, 0.25) is 5.02 Å². The number of halogens is 2. The summed E-state index contributed by atoms with van der Waals surface area (Å²) >= 11 is 5.89. The van der Waals surface area contributed by atoms with Crippen molar-refractivity contribution in [1.82, 2.24) is 0 Å². The van der Waals surface area contributed by atoms with E-state index in [1.807, 2.05) is 13.1 Å². The SMILES string of the molecule is CN1CCOc2cc(NC(=O)c3c(F)cccc3Cl)ccc21. The number of ether oxygens (including phenoxy) is 1. The van der Waals surface area contributed by atoms with Crippen LogP contribution in [-0.4, -0.2) is 26.1 Å². The van der Waals surface area contributed by atoms with Crippen molar-refractivity contribution in [2.24, 2.45) is 0 Å². The molecule has 0 atom stereocenters. The van der Waals surface area contributed by atoms with E-state index in [9.17, 15) is 9.18 Å². The zero-order valence-corrected chi connectivity index (χ0v) is 12.7. The van der Waals surface area contributed by atoms with Crippen LogP contribution in [0.1, 0.15) is 10.4 Å². The third-order valence-electron chi connectivity index (χ3n) is 3.50. The molecule has 114 valence electrons. The molecule has 22 heavy (non-hydrogen) atoms. The van der Waals surface area contributed by atoms with Gasteiger partial charge in [-0.3, -0.25) is 4.79 Å². The number of amides is 1. The minimum atomic E-state index is -0.654. The molecule has 1 heterocycles. The molecule has 0 unspecified atom stereocenters. The number of carbonyl (C=O) groups is 1. The topological polar surface area (TPSA) is 41.6 Å². The summed E-state index contributed by atoms with van der Waals surface area (Å²) in [6.45, 7) is 1.39. The van der Waals surface area contributed by atoms with Crippen molar-refractivity contribution in [2.75, 3.05) is 30.4 Å². The Morgan fingerprint density at radius 2 is 2.18 bits per heavy atom. The average molecular weight is 321 g/mol. The van der Waals surface area contributed by atoms with Gasteiger partial charge in [0.15, 0.2) is 0 Å². The number of carbonyl (C=O) groups excluding carboxylic acids is 1. The smallest absolute Gasteiger partial charge is 0.260 e. The number of benzene rings is 2.